The maximum absolute atomic E-state index is 12.7. The Hall–Kier alpha value is -3.65. The van der Waals surface area contributed by atoms with E-state index >= 15 is 0 Å². The number of anilines is 2. The molecule has 0 saturated heterocycles. The number of nitrogens with one attached hydrogen (secondary N) is 1. The molecule has 0 fully saturated rings. The third-order valence-electron chi connectivity index (χ3n) is 4.39. The lowest BCUT2D eigenvalue weighted by Gasteiger charge is -2.29. The topological polar surface area (TPSA) is 69.0 Å². The van der Waals surface area contributed by atoms with Crippen LogP contribution in [0, 0.1) is 11.3 Å². The van der Waals surface area contributed by atoms with Crippen LogP contribution in [0.3, 0.4) is 0 Å². The van der Waals surface area contributed by atoms with Gasteiger partial charge in [-0.15, -0.1) is 0 Å². The number of nitriles is 1. The van der Waals surface area contributed by atoms with E-state index in [0.29, 0.717) is 16.8 Å². The number of pyridine rings is 1. The molecular weight excluding hydrogens is 348 g/mol. The third-order valence-corrected chi connectivity index (χ3v) is 4.39. The summed E-state index contributed by atoms with van der Waals surface area (Å²) in [4.78, 5) is 19.1. The number of aromatic nitrogens is 1. The molecule has 5 nitrogen and oxygen atoms in total. The van der Waals surface area contributed by atoms with Crippen molar-refractivity contribution in [3.63, 3.8) is 0 Å². The zero-order valence-corrected chi connectivity index (χ0v) is 16.0. The molecule has 0 aliphatic carbocycles. The summed E-state index contributed by atoms with van der Waals surface area (Å²) in [6, 6.07) is 21.2. The smallest absolute Gasteiger partial charge is 0.257 e. The fourth-order valence-corrected chi connectivity index (χ4v) is 2.93. The highest BCUT2D eigenvalue weighted by Crippen LogP contribution is 2.21. The average molecular weight is 370 g/mol. The number of carbonyl (C=O) groups excluding carboxylic acids is 1. The molecule has 140 valence electrons. The molecular formula is C23H22N4O. The summed E-state index contributed by atoms with van der Waals surface area (Å²) < 4.78 is 0. The monoisotopic (exact) mass is 370 g/mol. The van der Waals surface area contributed by atoms with Gasteiger partial charge in [-0.1, -0.05) is 36.4 Å². The number of nitrogens with zero attached hydrogens (tertiary/aromatic N) is 3. The van der Waals surface area contributed by atoms with Gasteiger partial charge in [0.25, 0.3) is 5.91 Å². The predicted molar refractivity (Wildman–Crippen MR) is 111 cm³/mol. The first-order valence-corrected chi connectivity index (χ1v) is 9.14. The Morgan fingerprint density at radius 3 is 2.61 bits per heavy atom. The highest BCUT2D eigenvalue weighted by atomic mass is 16.1. The van der Waals surface area contributed by atoms with Crippen LogP contribution in [0.5, 0.6) is 0 Å². The van der Waals surface area contributed by atoms with Gasteiger partial charge in [0, 0.05) is 24.5 Å². The molecule has 1 N–H and O–H groups in total. The molecule has 0 atom stereocenters. The van der Waals surface area contributed by atoms with E-state index in [-0.39, 0.29) is 11.9 Å². The van der Waals surface area contributed by atoms with Gasteiger partial charge >= 0.3 is 0 Å². The standard InChI is InChI=1S/C23H22N4O/c1-17(2)27(16-18-7-4-3-5-8-18)22-12-20(14-25-15-22)23(28)26-21-10-6-9-19(11-21)13-24/h3-12,14-15,17H,16H2,1-2H3,(H,26,28). The predicted octanol–water partition coefficient (Wildman–Crippen LogP) is 4.62. The quantitative estimate of drug-likeness (QED) is 0.687. The van der Waals surface area contributed by atoms with E-state index in [2.05, 4.69) is 47.3 Å². The van der Waals surface area contributed by atoms with Crippen LogP contribution in [0.25, 0.3) is 0 Å². The fourth-order valence-electron chi connectivity index (χ4n) is 2.93. The lowest BCUT2D eigenvalue weighted by Crippen LogP contribution is -2.30. The molecule has 1 heterocycles. The zero-order chi connectivity index (χ0) is 19.9. The molecule has 0 spiro atoms. The molecule has 28 heavy (non-hydrogen) atoms. The molecule has 3 aromatic rings. The van der Waals surface area contributed by atoms with Crippen molar-refractivity contribution < 1.29 is 4.79 Å². The Kier molecular flexibility index (Phi) is 6.03. The van der Waals surface area contributed by atoms with Crippen molar-refractivity contribution in [3.05, 3.63) is 89.7 Å². The second kappa shape index (κ2) is 8.83. The van der Waals surface area contributed by atoms with Gasteiger partial charge < -0.3 is 10.2 Å². The van der Waals surface area contributed by atoms with Gasteiger partial charge in [-0.25, -0.2) is 0 Å². The van der Waals surface area contributed by atoms with E-state index < -0.39 is 0 Å². The molecule has 1 aromatic heterocycles. The average Bonchev–Trinajstić information content (AvgIpc) is 2.72. The zero-order valence-electron chi connectivity index (χ0n) is 16.0. The summed E-state index contributed by atoms with van der Waals surface area (Å²) in [6.45, 7) is 4.96. The van der Waals surface area contributed by atoms with E-state index in [0.717, 1.165) is 12.2 Å². The third kappa shape index (κ3) is 4.74. The molecule has 5 heteroatoms. The maximum Gasteiger partial charge on any atom is 0.257 e. The Morgan fingerprint density at radius 1 is 1.11 bits per heavy atom. The Bertz CT molecular complexity index is 993. The highest BCUT2D eigenvalue weighted by Gasteiger charge is 2.15. The minimum absolute atomic E-state index is 0.243. The molecule has 2 aromatic carbocycles. The van der Waals surface area contributed by atoms with Gasteiger partial charge in [0.05, 0.1) is 29.1 Å². The molecule has 0 bridgehead atoms. The van der Waals surface area contributed by atoms with Gasteiger partial charge in [-0.2, -0.15) is 5.26 Å². The largest absolute Gasteiger partial charge is 0.364 e. The number of rotatable bonds is 6. The lowest BCUT2D eigenvalue weighted by atomic mass is 10.1. The van der Waals surface area contributed by atoms with Crippen LogP contribution in [-0.2, 0) is 6.54 Å². The van der Waals surface area contributed by atoms with Crippen molar-refractivity contribution in [1.29, 1.82) is 5.26 Å². The summed E-state index contributed by atoms with van der Waals surface area (Å²) in [7, 11) is 0. The number of amides is 1. The molecule has 0 saturated carbocycles. The minimum Gasteiger partial charge on any atom is -0.364 e. The van der Waals surface area contributed by atoms with Crippen LogP contribution in [0.4, 0.5) is 11.4 Å². The van der Waals surface area contributed by atoms with Crippen LogP contribution in [0.15, 0.2) is 73.1 Å². The second-order valence-electron chi connectivity index (χ2n) is 6.79. The number of benzene rings is 2. The fraction of sp³-hybridized carbons (Fsp3) is 0.174. The first kappa shape index (κ1) is 19.1. The van der Waals surface area contributed by atoms with Crippen molar-refractivity contribution in [2.45, 2.75) is 26.4 Å². The van der Waals surface area contributed by atoms with Crippen LogP contribution in [-0.4, -0.2) is 16.9 Å². The van der Waals surface area contributed by atoms with E-state index in [9.17, 15) is 4.79 Å². The van der Waals surface area contributed by atoms with Crippen molar-refractivity contribution in [3.8, 4) is 6.07 Å². The van der Waals surface area contributed by atoms with E-state index in [1.807, 2.05) is 24.3 Å². The van der Waals surface area contributed by atoms with Crippen molar-refractivity contribution in [2.75, 3.05) is 10.2 Å². The molecule has 0 unspecified atom stereocenters. The molecule has 3 rings (SSSR count). The maximum atomic E-state index is 12.7. The van der Waals surface area contributed by atoms with Crippen molar-refractivity contribution in [2.24, 2.45) is 0 Å². The normalized spacial score (nSPS) is 10.4. The summed E-state index contributed by atoms with van der Waals surface area (Å²) in [5.41, 5.74) is 3.63. The Morgan fingerprint density at radius 2 is 1.89 bits per heavy atom. The molecule has 0 aliphatic heterocycles. The first-order chi connectivity index (χ1) is 13.6. The van der Waals surface area contributed by atoms with Crippen LogP contribution < -0.4 is 10.2 Å². The second-order valence-corrected chi connectivity index (χ2v) is 6.79. The van der Waals surface area contributed by atoms with Gasteiger partial charge in [0.2, 0.25) is 0 Å². The number of carbonyl (C=O) groups is 1. The van der Waals surface area contributed by atoms with Crippen molar-refractivity contribution >= 4 is 17.3 Å². The summed E-state index contributed by atoms with van der Waals surface area (Å²) in [5.74, 6) is -0.257. The summed E-state index contributed by atoms with van der Waals surface area (Å²) in [6.07, 6.45) is 3.32. The van der Waals surface area contributed by atoms with Crippen LogP contribution in [0.1, 0.15) is 35.3 Å². The van der Waals surface area contributed by atoms with Gasteiger partial charge in [-0.3, -0.25) is 9.78 Å². The van der Waals surface area contributed by atoms with Gasteiger partial charge in [0.1, 0.15) is 0 Å². The SMILES string of the molecule is CC(C)N(Cc1ccccc1)c1cncc(C(=O)Nc2cccc(C#N)c2)c1. The van der Waals surface area contributed by atoms with Crippen LogP contribution in [0.2, 0.25) is 0 Å². The molecule has 0 aliphatic rings. The number of hydrogen-bond acceptors (Lipinski definition) is 4. The first-order valence-electron chi connectivity index (χ1n) is 9.14. The molecule has 1 amide bonds. The Labute approximate surface area is 165 Å². The van der Waals surface area contributed by atoms with Crippen LogP contribution >= 0.6 is 0 Å². The Balaban J connectivity index is 1.81. The van der Waals surface area contributed by atoms with Crippen molar-refractivity contribution in [1.82, 2.24) is 4.98 Å². The van der Waals surface area contributed by atoms with Gasteiger partial charge in [-0.05, 0) is 43.7 Å². The summed E-state index contributed by atoms with van der Waals surface area (Å²) >= 11 is 0. The van der Waals surface area contributed by atoms with E-state index in [1.165, 1.54) is 5.56 Å². The lowest BCUT2D eigenvalue weighted by molar-refractivity contribution is 0.102. The van der Waals surface area contributed by atoms with Gasteiger partial charge in [0.15, 0.2) is 0 Å². The van der Waals surface area contributed by atoms with E-state index in [4.69, 9.17) is 5.26 Å². The summed E-state index contributed by atoms with van der Waals surface area (Å²) in [5, 5.41) is 11.8. The molecule has 0 radical (unpaired) electrons. The van der Waals surface area contributed by atoms with E-state index in [1.54, 1.807) is 36.7 Å². The number of hydrogen-bond donors (Lipinski definition) is 1. The minimum atomic E-state index is -0.257. The highest BCUT2D eigenvalue weighted by molar-refractivity contribution is 6.04.